The lowest BCUT2D eigenvalue weighted by molar-refractivity contribution is -0.132. The minimum atomic E-state index is -2.94. The summed E-state index contributed by atoms with van der Waals surface area (Å²) in [5.74, 6) is -2.69. The molecule has 1 aliphatic carbocycles. The maximum Gasteiger partial charge on any atom is 0.281 e. The van der Waals surface area contributed by atoms with Crippen LogP contribution in [0.5, 0.6) is 0 Å². The smallest absolute Gasteiger partial charge is 0.281 e. The molecule has 39 heavy (non-hydrogen) atoms. The van der Waals surface area contributed by atoms with Crippen LogP contribution in [-0.2, 0) is 10.4 Å². The van der Waals surface area contributed by atoms with Crippen LogP contribution in [0.4, 0.5) is 23.2 Å². The lowest BCUT2D eigenvalue weighted by Crippen LogP contribution is -2.45. The highest BCUT2D eigenvalue weighted by atomic mass is 35.5. The molecule has 5 rings (SSSR count). The molecule has 1 unspecified atom stereocenters. The molecule has 7 nitrogen and oxygen atoms in total. The molecule has 1 atom stereocenters. The Labute approximate surface area is 225 Å². The monoisotopic (exact) mass is 562 g/mol. The van der Waals surface area contributed by atoms with Gasteiger partial charge in [-0.1, -0.05) is 17.7 Å². The Balaban J connectivity index is 1.28. The van der Waals surface area contributed by atoms with Crippen LogP contribution in [0.1, 0.15) is 59.4 Å². The van der Waals surface area contributed by atoms with E-state index in [2.05, 4.69) is 15.3 Å². The van der Waals surface area contributed by atoms with Crippen LogP contribution in [-0.4, -0.2) is 39.5 Å². The van der Waals surface area contributed by atoms with Crippen LogP contribution in [0.25, 0.3) is 0 Å². The third kappa shape index (κ3) is 5.08. The summed E-state index contributed by atoms with van der Waals surface area (Å²) in [7, 11) is 0. The van der Waals surface area contributed by atoms with Gasteiger partial charge in [0.15, 0.2) is 0 Å². The molecule has 12 heteroatoms. The Kier molecular flexibility index (Phi) is 7.30. The second kappa shape index (κ2) is 10.5. The Morgan fingerprint density at radius 1 is 1.08 bits per heavy atom. The zero-order chi connectivity index (χ0) is 27.9. The van der Waals surface area contributed by atoms with E-state index in [4.69, 9.17) is 11.6 Å². The Bertz CT molecular complexity index is 1420. The second-order valence-electron chi connectivity index (χ2n) is 9.73. The van der Waals surface area contributed by atoms with E-state index in [9.17, 15) is 32.3 Å². The number of rotatable bonds is 6. The van der Waals surface area contributed by atoms with Gasteiger partial charge in [-0.15, -0.1) is 0 Å². The van der Waals surface area contributed by atoms with Gasteiger partial charge in [0.25, 0.3) is 18.2 Å². The molecule has 3 aromatic rings. The Morgan fingerprint density at radius 3 is 2.46 bits per heavy atom. The molecule has 0 spiro atoms. The van der Waals surface area contributed by atoms with Crippen LogP contribution in [0, 0.1) is 17.6 Å². The fourth-order valence-corrected chi connectivity index (χ4v) is 5.45. The van der Waals surface area contributed by atoms with Crippen molar-refractivity contribution in [2.75, 3.05) is 11.4 Å². The molecule has 2 amide bonds. The summed E-state index contributed by atoms with van der Waals surface area (Å²) < 4.78 is 54.2. The Hall–Kier alpha value is -3.57. The molecule has 1 aromatic carbocycles. The van der Waals surface area contributed by atoms with Gasteiger partial charge < -0.3 is 15.3 Å². The quantitative estimate of drug-likeness (QED) is 0.416. The molecule has 0 bridgehead atoms. The van der Waals surface area contributed by atoms with Crippen molar-refractivity contribution in [3.63, 3.8) is 0 Å². The van der Waals surface area contributed by atoms with Gasteiger partial charge in [0.1, 0.15) is 17.3 Å². The summed E-state index contributed by atoms with van der Waals surface area (Å²) in [6.07, 6.45) is 1.18. The number of carbonyl (C=O) groups is 2. The zero-order valence-electron chi connectivity index (χ0n) is 20.4. The van der Waals surface area contributed by atoms with Gasteiger partial charge in [0.05, 0.1) is 28.2 Å². The summed E-state index contributed by atoms with van der Waals surface area (Å²) >= 11 is 5.85. The van der Waals surface area contributed by atoms with Gasteiger partial charge >= 0.3 is 0 Å². The van der Waals surface area contributed by atoms with Gasteiger partial charge in [-0.25, -0.2) is 17.6 Å². The van der Waals surface area contributed by atoms with Gasteiger partial charge in [0.2, 0.25) is 5.60 Å². The largest absolute Gasteiger partial charge is 0.370 e. The van der Waals surface area contributed by atoms with E-state index in [1.54, 1.807) is 0 Å². The number of anilines is 1. The molecular weight excluding hydrogens is 540 g/mol. The molecule has 2 N–H and O–H groups in total. The van der Waals surface area contributed by atoms with Gasteiger partial charge in [-0.3, -0.25) is 19.6 Å². The molecular formula is C27H23ClF4N4O3. The van der Waals surface area contributed by atoms with Gasteiger partial charge in [-0.05, 0) is 61.9 Å². The van der Waals surface area contributed by atoms with Crippen molar-refractivity contribution in [1.82, 2.24) is 15.3 Å². The van der Waals surface area contributed by atoms with Crippen molar-refractivity contribution < 1.29 is 32.3 Å². The van der Waals surface area contributed by atoms with E-state index in [1.807, 2.05) is 0 Å². The number of hydrogen-bond donors (Lipinski definition) is 2. The molecule has 2 aromatic heterocycles. The molecule has 0 radical (unpaired) electrons. The summed E-state index contributed by atoms with van der Waals surface area (Å²) in [6, 6.07) is 6.78. The summed E-state index contributed by atoms with van der Waals surface area (Å²) in [4.78, 5) is 35.0. The third-order valence-corrected chi connectivity index (χ3v) is 7.46. The number of pyridine rings is 2. The van der Waals surface area contributed by atoms with Crippen molar-refractivity contribution >= 4 is 29.1 Å². The minimum Gasteiger partial charge on any atom is -0.370 e. The average Bonchev–Trinajstić information content (AvgIpc) is 3.11. The number of benzene rings is 1. The molecule has 1 aliphatic heterocycles. The number of fused-ring (bicyclic) bond motifs is 1. The standard InChI is InChI=1S/C27H23ClF4N4O3/c28-15-9-19(23(24(31)32)34-11-15)25(37)35-18-5-1-14(2-6-18)13-36-21-10-16(29)3-7-20(21)27(39,26(36)38)22-8-4-17(30)12-33-22/h3-4,7-12,14,18,24,39H,1-2,5-6,13H2,(H,35,37)/t14-,18-,27?. The maximum atomic E-state index is 14.2. The lowest BCUT2D eigenvalue weighted by atomic mass is 9.85. The van der Waals surface area contributed by atoms with E-state index in [0.29, 0.717) is 25.7 Å². The Morgan fingerprint density at radius 2 is 1.79 bits per heavy atom. The second-order valence-corrected chi connectivity index (χ2v) is 10.2. The van der Waals surface area contributed by atoms with Crippen LogP contribution < -0.4 is 10.2 Å². The highest BCUT2D eigenvalue weighted by molar-refractivity contribution is 6.30. The van der Waals surface area contributed by atoms with Crippen molar-refractivity contribution in [3.8, 4) is 0 Å². The van der Waals surface area contributed by atoms with E-state index in [0.717, 1.165) is 30.6 Å². The number of alkyl halides is 2. The first-order chi connectivity index (χ1) is 18.6. The molecule has 0 saturated heterocycles. The van der Waals surface area contributed by atoms with E-state index in [1.165, 1.54) is 23.1 Å². The first-order valence-corrected chi connectivity index (χ1v) is 12.7. The number of nitrogens with one attached hydrogen (secondary N) is 1. The van der Waals surface area contributed by atoms with Crippen LogP contribution in [0.15, 0.2) is 48.8 Å². The predicted molar refractivity (Wildman–Crippen MR) is 133 cm³/mol. The van der Waals surface area contributed by atoms with Crippen molar-refractivity contribution in [3.05, 3.63) is 88.0 Å². The SMILES string of the molecule is O=C(N[C@H]1CC[C@H](CN2C(=O)C(O)(c3ccc(F)cn3)c3ccc(F)cc32)CC1)c1cc(Cl)cnc1C(F)F. The first kappa shape index (κ1) is 27.0. The fraction of sp³-hybridized carbons (Fsp3) is 0.333. The highest BCUT2D eigenvalue weighted by Gasteiger charge is 2.52. The van der Waals surface area contributed by atoms with E-state index in [-0.39, 0.29) is 46.0 Å². The number of amides is 2. The van der Waals surface area contributed by atoms with Gasteiger partial charge in [-0.2, -0.15) is 0 Å². The third-order valence-electron chi connectivity index (χ3n) is 7.25. The van der Waals surface area contributed by atoms with E-state index < -0.39 is 41.2 Å². The van der Waals surface area contributed by atoms with Crippen LogP contribution in [0.2, 0.25) is 5.02 Å². The number of nitrogens with zero attached hydrogens (tertiary/aromatic N) is 3. The zero-order valence-corrected chi connectivity index (χ0v) is 21.1. The lowest BCUT2D eigenvalue weighted by Gasteiger charge is -2.32. The fourth-order valence-electron chi connectivity index (χ4n) is 5.29. The summed E-state index contributed by atoms with van der Waals surface area (Å²) in [6.45, 7) is 0.174. The predicted octanol–water partition coefficient (Wildman–Crippen LogP) is 4.92. The summed E-state index contributed by atoms with van der Waals surface area (Å²) in [5, 5.41) is 14.3. The van der Waals surface area contributed by atoms with E-state index >= 15 is 0 Å². The van der Waals surface area contributed by atoms with Crippen molar-refractivity contribution in [1.29, 1.82) is 0 Å². The number of aliphatic hydroxyl groups is 1. The van der Waals surface area contributed by atoms with Crippen LogP contribution in [0.3, 0.4) is 0 Å². The molecule has 1 saturated carbocycles. The normalized spacial score (nSPS) is 22.7. The minimum absolute atomic E-state index is 0.0498. The topological polar surface area (TPSA) is 95.4 Å². The number of halogens is 5. The molecule has 1 fully saturated rings. The summed E-state index contributed by atoms with van der Waals surface area (Å²) in [5.41, 5.74) is -2.85. The van der Waals surface area contributed by atoms with Gasteiger partial charge in [0, 0.05) is 24.3 Å². The highest BCUT2D eigenvalue weighted by Crippen LogP contribution is 2.45. The van der Waals surface area contributed by atoms with Crippen molar-refractivity contribution in [2.45, 2.75) is 43.8 Å². The molecule has 3 heterocycles. The maximum absolute atomic E-state index is 14.2. The molecule has 204 valence electrons. The average molecular weight is 563 g/mol. The number of hydrogen-bond acceptors (Lipinski definition) is 5. The first-order valence-electron chi connectivity index (χ1n) is 12.3. The van der Waals surface area contributed by atoms with Crippen molar-refractivity contribution in [2.24, 2.45) is 5.92 Å². The van der Waals surface area contributed by atoms with Crippen LogP contribution >= 0.6 is 11.6 Å². The number of aromatic nitrogens is 2. The number of carbonyl (C=O) groups excluding carboxylic acids is 2. The molecule has 2 aliphatic rings.